The highest BCUT2D eigenvalue weighted by atomic mass is 19.1. The Bertz CT molecular complexity index is 476. The van der Waals surface area contributed by atoms with Crippen LogP contribution in [0.15, 0.2) is 18.2 Å². The minimum atomic E-state index is -0.443. The van der Waals surface area contributed by atoms with Gasteiger partial charge in [0.05, 0.1) is 5.56 Å². The molecule has 1 aromatic carbocycles. The molecule has 1 aromatic rings. The van der Waals surface area contributed by atoms with Crippen LogP contribution in [0.4, 0.5) is 4.39 Å². The second-order valence-electron chi connectivity index (χ2n) is 5.36. The number of aliphatic hydroxyl groups is 1. The zero-order valence-electron chi connectivity index (χ0n) is 11.0. The van der Waals surface area contributed by atoms with Gasteiger partial charge in [-0.2, -0.15) is 5.26 Å². The Labute approximate surface area is 113 Å². The van der Waals surface area contributed by atoms with Crippen LogP contribution in [0.5, 0.6) is 0 Å². The molecule has 0 amide bonds. The van der Waals surface area contributed by atoms with Crippen LogP contribution in [0.25, 0.3) is 0 Å². The molecule has 0 bridgehead atoms. The van der Waals surface area contributed by atoms with E-state index < -0.39 is 5.82 Å². The largest absolute Gasteiger partial charge is 0.396 e. The number of aliphatic hydroxyl groups excluding tert-OH is 1. The number of nitrogens with zero attached hydrogens (tertiary/aromatic N) is 1. The highest BCUT2D eigenvalue weighted by molar-refractivity contribution is 5.34. The highest BCUT2D eigenvalue weighted by Gasteiger charge is 2.32. The second-order valence-corrected chi connectivity index (χ2v) is 5.36. The van der Waals surface area contributed by atoms with Crippen molar-refractivity contribution < 1.29 is 9.50 Å². The fraction of sp³-hybridized carbons (Fsp3) is 0.533. The van der Waals surface area contributed by atoms with E-state index in [9.17, 15) is 9.50 Å². The average molecular weight is 262 g/mol. The summed E-state index contributed by atoms with van der Waals surface area (Å²) in [7, 11) is 0. The topological polar surface area (TPSA) is 56.0 Å². The van der Waals surface area contributed by atoms with Crippen molar-refractivity contribution in [3.8, 4) is 6.07 Å². The summed E-state index contributed by atoms with van der Waals surface area (Å²) in [5, 5.41) is 21.5. The maximum absolute atomic E-state index is 13.8. The molecule has 2 N–H and O–H groups in total. The molecule has 0 aromatic heterocycles. The predicted molar refractivity (Wildman–Crippen MR) is 70.8 cm³/mol. The fourth-order valence-electron chi connectivity index (χ4n) is 2.78. The lowest BCUT2D eigenvalue weighted by Gasteiger charge is -2.26. The van der Waals surface area contributed by atoms with Crippen molar-refractivity contribution >= 4 is 0 Å². The molecule has 4 heteroatoms. The first-order chi connectivity index (χ1) is 9.21. The van der Waals surface area contributed by atoms with Crippen LogP contribution < -0.4 is 5.32 Å². The van der Waals surface area contributed by atoms with Crippen molar-refractivity contribution in [3.63, 3.8) is 0 Å². The van der Waals surface area contributed by atoms with Crippen LogP contribution in [0.3, 0.4) is 0 Å². The molecule has 1 aliphatic rings. The SMILES string of the molecule is N#Cc1cccc(CNCC2(CO)CCCC2)c1F. The summed E-state index contributed by atoms with van der Waals surface area (Å²) in [4.78, 5) is 0. The summed E-state index contributed by atoms with van der Waals surface area (Å²) in [5.74, 6) is -0.443. The number of hydrogen-bond acceptors (Lipinski definition) is 3. The van der Waals surface area contributed by atoms with Crippen molar-refractivity contribution in [2.75, 3.05) is 13.2 Å². The third kappa shape index (κ3) is 3.12. The molecule has 0 spiro atoms. The lowest BCUT2D eigenvalue weighted by molar-refractivity contribution is 0.128. The zero-order valence-corrected chi connectivity index (χ0v) is 11.0. The van der Waals surface area contributed by atoms with Gasteiger partial charge >= 0.3 is 0 Å². The smallest absolute Gasteiger partial charge is 0.145 e. The normalized spacial score (nSPS) is 17.3. The Balaban J connectivity index is 1.94. The molecule has 102 valence electrons. The minimum absolute atomic E-state index is 0.0384. The average Bonchev–Trinajstić information content (AvgIpc) is 2.90. The van der Waals surface area contributed by atoms with Crippen LogP contribution in [0.2, 0.25) is 0 Å². The van der Waals surface area contributed by atoms with E-state index in [0.29, 0.717) is 18.7 Å². The number of nitriles is 1. The Kier molecular flexibility index (Phi) is 4.52. The Morgan fingerprint density at radius 2 is 2.11 bits per heavy atom. The van der Waals surface area contributed by atoms with E-state index in [4.69, 9.17) is 5.26 Å². The fourth-order valence-corrected chi connectivity index (χ4v) is 2.78. The maximum Gasteiger partial charge on any atom is 0.145 e. The lowest BCUT2D eigenvalue weighted by Crippen LogP contribution is -2.35. The molecule has 0 radical (unpaired) electrons. The number of nitrogens with one attached hydrogen (secondary N) is 1. The quantitative estimate of drug-likeness (QED) is 0.856. The molecule has 3 nitrogen and oxygen atoms in total. The third-order valence-corrected chi connectivity index (χ3v) is 4.01. The van der Waals surface area contributed by atoms with Gasteiger partial charge in [0.25, 0.3) is 0 Å². The molecule has 1 aliphatic carbocycles. The van der Waals surface area contributed by atoms with E-state index in [-0.39, 0.29) is 17.6 Å². The van der Waals surface area contributed by atoms with Crippen molar-refractivity contribution in [2.24, 2.45) is 5.41 Å². The standard InChI is InChI=1S/C15H19FN2O/c16-14-12(8-17)4-3-5-13(14)9-18-10-15(11-19)6-1-2-7-15/h3-5,18-19H,1-2,6-7,9-11H2. The molecular weight excluding hydrogens is 243 g/mol. The van der Waals surface area contributed by atoms with Gasteiger partial charge in [-0.25, -0.2) is 4.39 Å². The molecule has 19 heavy (non-hydrogen) atoms. The van der Waals surface area contributed by atoms with Crippen molar-refractivity contribution in [2.45, 2.75) is 32.2 Å². The van der Waals surface area contributed by atoms with Crippen molar-refractivity contribution in [1.82, 2.24) is 5.32 Å². The summed E-state index contributed by atoms with van der Waals surface area (Å²) in [6.45, 7) is 1.27. The first-order valence-corrected chi connectivity index (χ1v) is 6.70. The van der Waals surface area contributed by atoms with Crippen LogP contribution in [0, 0.1) is 22.6 Å². The van der Waals surface area contributed by atoms with E-state index in [1.165, 1.54) is 6.07 Å². The molecule has 0 unspecified atom stereocenters. The molecule has 0 atom stereocenters. The van der Waals surface area contributed by atoms with Gasteiger partial charge in [-0.15, -0.1) is 0 Å². The minimum Gasteiger partial charge on any atom is -0.396 e. The van der Waals surface area contributed by atoms with Gasteiger partial charge in [0.1, 0.15) is 11.9 Å². The monoisotopic (exact) mass is 262 g/mol. The maximum atomic E-state index is 13.8. The van der Waals surface area contributed by atoms with Gasteiger partial charge in [-0.1, -0.05) is 25.0 Å². The summed E-state index contributed by atoms with van der Waals surface area (Å²) < 4.78 is 13.8. The first-order valence-electron chi connectivity index (χ1n) is 6.70. The van der Waals surface area contributed by atoms with Crippen LogP contribution in [-0.2, 0) is 6.54 Å². The molecule has 0 heterocycles. The Morgan fingerprint density at radius 3 is 2.74 bits per heavy atom. The van der Waals surface area contributed by atoms with Gasteiger partial charge in [0.2, 0.25) is 0 Å². The van der Waals surface area contributed by atoms with Crippen molar-refractivity contribution in [1.29, 1.82) is 5.26 Å². The zero-order chi connectivity index (χ0) is 13.7. The van der Waals surface area contributed by atoms with Crippen molar-refractivity contribution in [3.05, 3.63) is 35.1 Å². The summed E-state index contributed by atoms with van der Waals surface area (Å²) in [5.41, 5.74) is 0.547. The molecular formula is C15H19FN2O. The van der Waals surface area contributed by atoms with Gasteiger partial charge in [-0.3, -0.25) is 0 Å². The van der Waals surface area contributed by atoms with Crippen LogP contribution >= 0.6 is 0 Å². The van der Waals surface area contributed by atoms with Crippen LogP contribution in [-0.4, -0.2) is 18.3 Å². The molecule has 1 fully saturated rings. The Hall–Kier alpha value is -1.44. The van der Waals surface area contributed by atoms with E-state index >= 15 is 0 Å². The van der Waals surface area contributed by atoms with E-state index in [1.54, 1.807) is 12.1 Å². The number of rotatable bonds is 5. The summed E-state index contributed by atoms with van der Waals surface area (Å²) in [6.07, 6.45) is 4.36. The molecule has 0 saturated heterocycles. The van der Waals surface area contributed by atoms with Gasteiger partial charge in [0.15, 0.2) is 0 Å². The first kappa shape index (κ1) is 14.0. The van der Waals surface area contributed by atoms with Gasteiger partial charge in [-0.05, 0) is 18.9 Å². The lowest BCUT2D eigenvalue weighted by atomic mass is 9.87. The van der Waals surface area contributed by atoms with Crippen LogP contribution in [0.1, 0.15) is 36.8 Å². The van der Waals surface area contributed by atoms with Gasteiger partial charge < -0.3 is 10.4 Å². The predicted octanol–water partition coefficient (Wildman–Crippen LogP) is 2.34. The second kappa shape index (κ2) is 6.14. The highest BCUT2D eigenvalue weighted by Crippen LogP contribution is 2.36. The van der Waals surface area contributed by atoms with E-state index in [0.717, 1.165) is 25.7 Å². The number of hydrogen-bond donors (Lipinski definition) is 2. The molecule has 0 aliphatic heterocycles. The molecule has 2 rings (SSSR count). The summed E-state index contributed by atoms with van der Waals surface area (Å²) >= 11 is 0. The van der Waals surface area contributed by atoms with E-state index in [2.05, 4.69) is 5.32 Å². The number of benzene rings is 1. The van der Waals surface area contributed by atoms with Gasteiger partial charge in [0, 0.05) is 30.7 Å². The van der Waals surface area contributed by atoms with E-state index in [1.807, 2.05) is 6.07 Å². The summed E-state index contributed by atoms with van der Waals surface area (Å²) in [6, 6.07) is 6.69. The third-order valence-electron chi connectivity index (χ3n) is 4.01. The molecule has 1 saturated carbocycles. The Morgan fingerprint density at radius 1 is 1.37 bits per heavy atom. The number of halogens is 1.